The number of benzene rings is 4. The van der Waals surface area contributed by atoms with Gasteiger partial charge in [0.25, 0.3) is 0 Å². The lowest BCUT2D eigenvalue weighted by Crippen LogP contribution is -2.47. The summed E-state index contributed by atoms with van der Waals surface area (Å²) in [5.74, 6) is 1.13. The summed E-state index contributed by atoms with van der Waals surface area (Å²) < 4.78 is 12.8. The third-order valence-corrected chi connectivity index (χ3v) is 7.08. The SMILES string of the molecule is CC(C)(C)Oc1ccc(C(=O)c2ccccc2)c(O[Si](c2ccccc2)c2ccccc2)c1. The first-order valence-corrected chi connectivity index (χ1v) is 12.4. The fourth-order valence-corrected chi connectivity index (χ4v) is 5.46. The monoisotopic (exact) mass is 451 g/mol. The Hall–Kier alpha value is -3.63. The molecule has 0 heterocycles. The number of ether oxygens (including phenoxy) is 1. The van der Waals surface area contributed by atoms with Gasteiger partial charge in [0, 0.05) is 11.6 Å². The fourth-order valence-electron chi connectivity index (χ4n) is 3.51. The van der Waals surface area contributed by atoms with Gasteiger partial charge < -0.3 is 9.16 Å². The standard InChI is InChI=1S/C29H27O3Si/c1-29(2,3)31-23-19-20-26(28(30)22-13-7-4-8-14-22)27(21-23)32-33(24-15-9-5-10-16-24)25-17-11-6-12-18-25/h4-21H,1-3H3. The largest absolute Gasteiger partial charge is 0.532 e. The van der Waals surface area contributed by atoms with Crippen molar-refractivity contribution >= 4 is 25.2 Å². The van der Waals surface area contributed by atoms with E-state index in [1.165, 1.54) is 0 Å². The highest BCUT2D eigenvalue weighted by Gasteiger charge is 2.25. The van der Waals surface area contributed by atoms with Gasteiger partial charge in [-0.3, -0.25) is 4.79 Å². The van der Waals surface area contributed by atoms with Crippen molar-refractivity contribution in [3.63, 3.8) is 0 Å². The third kappa shape index (κ3) is 5.79. The van der Waals surface area contributed by atoms with Gasteiger partial charge in [0.2, 0.25) is 0 Å². The minimum atomic E-state index is -1.66. The molecule has 4 heteroatoms. The summed E-state index contributed by atoms with van der Waals surface area (Å²) in [6.45, 7) is 6.00. The number of hydrogen-bond donors (Lipinski definition) is 0. The number of carbonyl (C=O) groups excluding carboxylic acids is 1. The van der Waals surface area contributed by atoms with Crippen molar-refractivity contribution in [2.24, 2.45) is 0 Å². The van der Waals surface area contributed by atoms with Crippen LogP contribution in [-0.4, -0.2) is 20.4 Å². The molecule has 4 aromatic carbocycles. The second-order valence-electron chi connectivity index (χ2n) is 8.73. The minimum Gasteiger partial charge on any atom is -0.532 e. The second-order valence-corrected chi connectivity index (χ2v) is 10.7. The molecular formula is C29H27O3Si. The van der Waals surface area contributed by atoms with Crippen LogP contribution in [0.1, 0.15) is 36.7 Å². The Labute approximate surface area is 197 Å². The molecule has 33 heavy (non-hydrogen) atoms. The Morgan fingerprint density at radius 3 is 1.73 bits per heavy atom. The molecule has 1 radical (unpaired) electrons. The Morgan fingerprint density at radius 2 is 1.21 bits per heavy atom. The number of rotatable bonds is 7. The zero-order valence-corrected chi connectivity index (χ0v) is 20.1. The van der Waals surface area contributed by atoms with Crippen LogP contribution in [0.2, 0.25) is 0 Å². The maximum absolute atomic E-state index is 13.4. The van der Waals surface area contributed by atoms with Crippen LogP contribution < -0.4 is 19.5 Å². The second kappa shape index (κ2) is 9.88. The van der Waals surface area contributed by atoms with E-state index in [0.29, 0.717) is 22.6 Å². The van der Waals surface area contributed by atoms with Gasteiger partial charge >= 0.3 is 9.04 Å². The van der Waals surface area contributed by atoms with E-state index in [0.717, 1.165) is 10.4 Å². The Balaban J connectivity index is 1.80. The predicted molar refractivity (Wildman–Crippen MR) is 135 cm³/mol. The van der Waals surface area contributed by atoms with Crippen LogP contribution in [0, 0.1) is 0 Å². The molecule has 0 aliphatic rings. The van der Waals surface area contributed by atoms with E-state index in [-0.39, 0.29) is 11.4 Å². The fraction of sp³-hybridized carbons (Fsp3) is 0.138. The van der Waals surface area contributed by atoms with Crippen molar-refractivity contribution < 1.29 is 14.0 Å². The summed E-state index contributed by atoms with van der Waals surface area (Å²) in [5, 5.41) is 2.21. The summed E-state index contributed by atoms with van der Waals surface area (Å²) in [6.07, 6.45) is 0. The van der Waals surface area contributed by atoms with E-state index in [1.807, 2.05) is 99.6 Å². The summed E-state index contributed by atoms with van der Waals surface area (Å²) >= 11 is 0. The average molecular weight is 452 g/mol. The zero-order chi connectivity index (χ0) is 23.3. The zero-order valence-electron chi connectivity index (χ0n) is 19.1. The average Bonchev–Trinajstić information content (AvgIpc) is 2.83. The molecule has 4 rings (SSSR count). The number of hydrogen-bond acceptors (Lipinski definition) is 3. The Bertz CT molecular complexity index is 1160. The molecule has 0 saturated heterocycles. The van der Waals surface area contributed by atoms with Crippen LogP contribution >= 0.6 is 0 Å². The molecule has 165 valence electrons. The van der Waals surface area contributed by atoms with Crippen molar-refractivity contribution in [1.29, 1.82) is 0 Å². The van der Waals surface area contributed by atoms with Crippen LogP contribution in [0.5, 0.6) is 11.5 Å². The van der Waals surface area contributed by atoms with E-state index in [2.05, 4.69) is 24.3 Å². The Kier molecular flexibility index (Phi) is 6.75. The van der Waals surface area contributed by atoms with E-state index in [1.54, 1.807) is 6.07 Å². The molecule has 0 amide bonds. The van der Waals surface area contributed by atoms with Crippen LogP contribution in [0.3, 0.4) is 0 Å². The van der Waals surface area contributed by atoms with Crippen LogP contribution in [-0.2, 0) is 0 Å². The minimum absolute atomic E-state index is 0.0737. The van der Waals surface area contributed by atoms with Gasteiger partial charge in [-0.1, -0.05) is 91.0 Å². The lowest BCUT2D eigenvalue weighted by molar-refractivity contribution is 0.103. The molecule has 4 aromatic rings. The Morgan fingerprint density at radius 1 is 0.697 bits per heavy atom. The van der Waals surface area contributed by atoms with Crippen LogP contribution in [0.15, 0.2) is 109 Å². The van der Waals surface area contributed by atoms with Crippen molar-refractivity contribution in [2.45, 2.75) is 26.4 Å². The lowest BCUT2D eigenvalue weighted by Gasteiger charge is -2.24. The molecule has 0 unspecified atom stereocenters. The number of carbonyl (C=O) groups is 1. The molecule has 0 N–H and O–H groups in total. The molecule has 0 atom stereocenters. The summed E-state index contributed by atoms with van der Waals surface area (Å²) in [5.41, 5.74) is 0.784. The molecule has 0 spiro atoms. The highest BCUT2D eigenvalue weighted by atomic mass is 28.3. The van der Waals surface area contributed by atoms with Gasteiger partial charge in [0.05, 0.1) is 5.56 Å². The quantitative estimate of drug-likeness (QED) is 0.283. The molecule has 0 bridgehead atoms. The van der Waals surface area contributed by atoms with Crippen molar-refractivity contribution in [2.75, 3.05) is 0 Å². The normalized spacial score (nSPS) is 11.3. The van der Waals surface area contributed by atoms with Gasteiger partial charge in [-0.05, 0) is 43.3 Å². The van der Waals surface area contributed by atoms with Crippen molar-refractivity contribution in [3.05, 3.63) is 120 Å². The highest BCUT2D eigenvalue weighted by Crippen LogP contribution is 2.29. The van der Waals surface area contributed by atoms with Gasteiger partial charge in [0.15, 0.2) is 5.78 Å². The summed E-state index contributed by atoms with van der Waals surface area (Å²) in [6, 6.07) is 35.2. The molecule has 0 aromatic heterocycles. The molecule has 3 nitrogen and oxygen atoms in total. The topological polar surface area (TPSA) is 35.5 Å². The van der Waals surface area contributed by atoms with E-state index in [4.69, 9.17) is 9.16 Å². The van der Waals surface area contributed by atoms with Crippen LogP contribution in [0.4, 0.5) is 0 Å². The summed E-state index contributed by atoms with van der Waals surface area (Å²) in [4.78, 5) is 13.4. The van der Waals surface area contributed by atoms with E-state index in [9.17, 15) is 4.79 Å². The molecular weight excluding hydrogens is 424 g/mol. The van der Waals surface area contributed by atoms with Crippen molar-refractivity contribution in [1.82, 2.24) is 0 Å². The van der Waals surface area contributed by atoms with E-state index >= 15 is 0 Å². The molecule has 0 aliphatic carbocycles. The van der Waals surface area contributed by atoms with Gasteiger partial charge in [-0.2, -0.15) is 0 Å². The van der Waals surface area contributed by atoms with Crippen molar-refractivity contribution in [3.8, 4) is 11.5 Å². The maximum Gasteiger partial charge on any atom is 0.352 e. The third-order valence-electron chi connectivity index (χ3n) is 4.94. The van der Waals surface area contributed by atoms with E-state index < -0.39 is 9.04 Å². The first-order chi connectivity index (χ1) is 15.9. The van der Waals surface area contributed by atoms with Gasteiger partial charge in [0.1, 0.15) is 17.1 Å². The summed E-state index contributed by atoms with van der Waals surface area (Å²) in [7, 11) is -1.66. The number of ketones is 1. The first kappa shape index (κ1) is 22.6. The first-order valence-electron chi connectivity index (χ1n) is 11.0. The van der Waals surface area contributed by atoms with Gasteiger partial charge in [-0.25, -0.2) is 0 Å². The molecule has 0 aliphatic heterocycles. The highest BCUT2D eigenvalue weighted by molar-refractivity contribution is 6.80. The predicted octanol–water partition coefficient (Wildman–Crippen LogP) is 5.28. The van der Waals surface area contributed by atoms with Gasteiger partial charge in [-0.15, -0.1) is 0 Å². The molecule has 0 saturated carbocycles. The van der Waals surface area contributed by atoms with Crippen LogP contribution in [0.25, 0.3) is 0 Å². The lowest BCUT2D eigenvalue weighted by atomic mass is 10.0. The maximum atomic E-state index is 13.4. The smallest absolute Gasteiger partial charge is 0.352 e. The molecule has 0 fully saturated rings.